The number of nitrogens with one attached hydrogen (secondary N) is 1. The number of fused-ring (bicyclic) bond motifs is 1. The van der Waals surface area contributed by atoms with E-state index < -0.39 is 0 Å². The molecule has 1 N–H and O–H groups in total. The Balaban J connectivity index is 0.00000225. The zero-order valence-corrected chi connectivity index (χ0v) is 19.2. The van der Waals surface area contributed by atoms with E-state index in [1.807, 2.05) is 13.1 Å². The van der Waals surface area contributed by atoms with E-state index in [4.69, 9.17) is 14.2 Å². The Hall–Kier alpha value is -1.22. The minimum atomic E-state index is 0. The molecule has 1 saturated heterocycles. The average molecular weight is 501 g/mol. The van der Waals surface area contributed by atoms with Crippen molar-refractivity contribution in [1.82, 2.24) is 10.2 Å². The van der Waals surface area contributed by atoms with E-state index in [1.54, 1.807) is 0 Å². The number of nitrogens with zero attached hydrogens (tertiary/aromatic N) is 2. The first-order chi connectivity index (χ1) is 13.2. The molecule has 0 aromatic heterocycles. The van der Waals surface area contributed by atoms with Crippen molar-refractivity contribution in [3.05, 3.63) is 23.8 Å². The van der Waals surface area contributed by atoms with Crippen molar-refractivity contribution in [1.29, 1.82) is 0 Å². The van der Waals surface area contributed by atoms with Crippen molar-refractivity contribution < 1.29 is 14.2 Å². The third-order valence-corrected chi connectivity index (χ3v) is 6.21. The summed E-state index contributed by atoms with van der Waals surface area (Å²) in [6, 6.07) is 6.36. The number of hydrogen-bond donors (Lipinski definition) is 1. The standard InChI is InChI=1S/C21H31N3O3.HI/c1-22-20(24(2)10-5-16-6-11-25-12-7-16)23-14-21(8-9-21)17-3-4-18-19(13-17)27-15-26-18;/h3-4,13,16H,5-12,14-15H2,1-2H3,(H,22,23);1H. The van der Waals surface area contributed by atoms with Gasteiger partial charge in [0.2, 0.25) is 6.79 Å². The number of aliphatic imine (C=N–C) groups is 1. The molecule has 7 heteroatoms. The first-order valence-electron chi connectivity index (χ1n) is 10.1. The van der Waals surface area contributed by atoms with E-state index in [2.05, 4.69) is 34.4 Å². The summed E-state index contributed by atoms with van der Waals surface area (Å²) in [6.45, 7) is 4.09. The van der Waals surface area contributed by atoms with Gasteiger partial charge in [0.1, 0.15) is 0 Å². The van der Waals surface area contributed by atoms with Crippen LogP contribution in [0.3, 0.4) is 0 Å². The first kappa shape index (κ1) is 21.5. The predicted octanol–water partition coefficient (Wildman–Crippen LogP) is 3.39. The smallest absolute Gasteiger partial charge is 0.231 e. The van der Waals surface area contributed by atoms with Crippen LogP contribution in [0.25, 0.3) is 0 Å². The largest absolute Gasteiger partial charge is 0.454 e. The van der Waals surface area contributed by atoms with Crippen LogP contribution in [0.15, 0.2) is 23.2 Å². The minimum Gasteiger partial charge on any atom is -0.454 e. The minimum absolute atomic E-state index is 0. The molecule has 3 aliphatic rings. The molecule has 0 amide bonds. The van der Waals surface area contributed by atoms with Crippen molar-refractivity contribution in [3.8, 4) is 11.5 Å². The van der Waals surface area contributed by atoms with Crippen molar-refractivity contribution in [2.24, 2.45) is 10.9 Å². The summed E-state index contributed by atoms with van der Waals surface area (Å²) in [5.41, 5.74) is 1.53. The van der Waals surface area contributed by atoms with Crippen LogP contribution >= 0.6 is 24.0 Å². The highest BCUT2D eigenvalue weighted by atomic mass is 127. The lowest BCUT2D eigenvalue weighted by Crippen LogP contribution is -2.43. The second-order valence-corrected chi connectivity index (χ2v) is 8.02. The van der Waals surface area contributed by atoms with Crippen LogP contribution in [-0.4, -0.2) is 58.1 Å². The fourth-order valence-corrected chi connectivity index (χ4v) is 4.09. The van der Waals surface area contributed by atoms with Crippen molar-refractivity contribution in [2.75, 3.05) is 47.2 Å². The maximum absolute atomic E-state index is 5.55. The highest BCUT2D eigenvalue weighted by Gasteiger charge is 2.45. The van der Waals surface area contributed by atoms with Gasteiger partial charge in [-0.25, -0.2) is 0 Å². The molecular weight excluding hydrogens is 469 g/mol. The molecule has 6 nitrogen and oxygen atoms in total. The fraction of sp³-hybridized carbons (Fsp3) is 0.667. The van der Waals surface area contributed by atoms with E-state index in [1.165, 1.54) is 37.7 Å². The van der Waals surface area contributed by atoms with Gasteiger partial charge in [-0.2, -0.15) is 0 Å². The average Bonchev–Trinajstić information content (AvgIpc) is 3.35. The Morgan fingerprint density at radius 2 is 1.96 bits per heavy atom. The van der Waals surface area contributed by atoms with Gasteiger partial charge in [-0.3, -0.25) is 4.99 Å². The van der Waals surface area contributed by atoms with E-state index in [9.17, 15) is 0 Å². The summed E-state index contributed by atoms with van der Waals surface area (Å²) < 4.78 is 16.5. The van der Waals surface area contributed by atoms with E-state index in [0.29, 0.717) is 6.79 Å². The van der Waals surface area contributed by atoms with Crippen molar-refractivity contribution in [3.63, 3.8) is 0 Å². The molecule has 2 aliphatic heterocycles. The highest BCUT2D eigenvalue weighted by molar-refractivity contribution is 14.0. The second-order valence-electron chi connectivity index (χ2n) is 8.02. The predicted molar refractivity (Wildman–Crippen MR) is 121 cm³/mol. The van der Waals surface area contributed by atoms with Crippen LogP contribution < -0.4 is 14.8 Å². The lowest BCUT2D eigenvalue weighted by molar-refractivity contribution is 0.0625. The van der Waals surface area contributed by atoms with Gasteiger partial charge in [0, 0.05) is 45.8 Å². The molecule has 1 aromatic carbocycles. The highest BCUT2D eigenvalue weighted by Crippen LogP contribution is 2.49. The quantitative estimate of drug-likeness (QED) is 0.368. The Bertz CT molecular complexity index is 687. The van der Waals surface area contributed by atoms with Crippen LogP contribution in [-0.2, 0) is 10.2 Å². The molecule has 28 heavy (non-hydrogen) atoms. The maximum Gasteiger partial charge on any atom is 0.231 e. The molecule has 0 radical (unpaired) electrons. The van der Waals surface area contributed by atoms with E-state index >= 15 is 0 Å². The summed E-state index contributed by atoms with van der Waals surface area (Å²) in [7, 11) is 4.00. The molecule has 0 unspecified atom stereocenters. The van der Waals surface area contributed by atoms with Crippen LogP contribution in [0.1, 0.15) is 37.7 Å². The van der Waals surface area contributed by atoms with Crippen LogP contribution in [0.5, 0.6) is 11.5 Å². The van der Waals surface area contributed by atoms with E-state index in [0.717, 1.165) is 49.7 Å². The normalized spacial score (nSPS) is 20.4. The van der Waals surface area contributed by atoms with Crippen LogP contribution in [0.4, 0.5) is 0 Å². The summed E-state index contributed by atoms with van der Waals surface area (Å²) in [5, 5.41) is 3.61. The van der Waals surface area contributed by atoms with Crippen LogP contribution in [0.2, 0.25) is 0 Å². The third-order valence-electron chi connectivity index (χ3n) is 6.21. The molecule has 1 saturated carbocycles. The zero-order chi connectivity index (χ0) is 18.7. The molecule has 156 valence electrons. The molecule has 4 rings (SSSR count). The number of ether oxygens (including phenoxy) is 3. The fourth-order valence-electron chi connectivity index (χ4n) is 4.09. The number of benzene rings is 1. The molecule has 0 spiro atoms. The lowest BCUT2D eigenvalue weighted by Gasteiger charge is -2.28. The van der Waals surface area contributed by atoms with Gasteiger partial charge >= 0.3 is 0 Å². The Morgan fingerprint density at radius 1 is 1.21 bits per heavy atom. The summed E-state index contributed by atoms with van der Waals surface area (Å²) in [6.07, 6.45) is 5.97. The molecule has 2 heterocycles. The van der Waals surface area contributed by atoms with Gasteiger partial charge in [-0.15, -0.1) is 24.0 Å². The monoisotopic (exact) mass is 501 g/mol. The Kier molecular flexibility index (Phi) is 7.31. The van der Waals surface area contributed by atoms with Gasteiger partial charge < -0.3 is 24.4 Å². The van der Waals surface area contributed by atoms with Crippen molar-refractivity contribution in [2.45, 2.75) is 37.5 Å². The number of hydrogen-bond acceptors (Lipinski definition) is 4. The zero-order valence-electron chi connectivity index (χ0n) is 16.9. The number of halogens is 1. The van der Waals surface area contributed by atoms with Gasteiger partial charge in [0.05, 0.1) is 0 Å². The first-order valence-corrected chi connectivity index (χ1v) is 10.1. The topological polar surface area (TPSA) is 55.3 Å². The number of guanidine groups is 1. The SMILES string of the molecule is CN=C(NCC1(c2ccc3c(c2)OCO3)CC1)N(C)CCC1CCOCC1.I. The summed E-state index contributed by atoms with van der Waals surface area (Å²) in [4.78, 5) is 6.75. The molecule has 2 fully saturated rings. The molecule has 0 bridgehead atoms. The summed E-state index contributed by atoms with van der Waals surface area (Å²) >= 11 is 0. The van der Waals surface area contributed by atoms with Crippen molar-refractivity contribution >= 4 is 29.9 Å². The van der Waals surface area contributed by atoms with Gasteiger partial charge in [0.25, 0.3) is 0 Å². The Morgan fingerprint density at radius 3 is 2.68 bits per heavy atom. The Labute approximate surface area is 185 Å². The number of rotatable bonds is 6. The maximum atomic E-state index is 5.55. The summed E-state index contributed by atoms with van der Waals surface area (Å²) in [5.74, 6) is 3.49. The lowest BCUT2D eigenvalue weighted by atomic mass is 9.95. The van der Waals surface area contributed by atoms with Gasteiger partial charge in [-0.1, -0.05) is 6.07 Å². The molecule has 1 aliphatic carbocycles. The van der Waals surface area contributed by atoms with Crippen LogP contribution in [0, 0.1) is 5.92 Å². The molecular formula is C21H32IN3O3. The van der Waals surface area contributed by atoms with Gasteiger partial charge in [-0.05, 0) is 55.7 Å². The molecule has 0 atom stereocenters. The third kappa shape index (κ3) is 4.84. The van der Waals surface area contributed by atoms with Gasteiger partial charge in [0.15, 0.2) is 17.5 Å². The molecule has 1 aromatic rings. The van der Waals surface area contributed by atoms with E-state index in [-0.39, 0.29) is 29.4 Å². The second kappa shape index (κ2) is 9.52.